The topological polar surface area (TPSA) is 72.6 Å². The number of rotatable bonds is 7. The molecule has 1 aromatic carbocycles. The predicted octanol–water partition coefficient (Wildman–Crippen LogP) is 2.91. The maximum atomic E-state index is 12.8. The van der Waals surface area contributed by atoms with Crippen LogP contribution >= 0.6 is 24.0 Å². The van der Waals surface area contributed by atoms with E-state index >= 15 is 0 Å². The lowest BCUT2D eigenvalue weighted by atomic mass is 9.86. The van der Waals surface area contributed by atoms with Crippen molar-refractivity contribution >= 4 is 34.0 Å². The van der Waals surface area contributed by atoms with Gasteiger partial charge in [0, 0.05) is 24.7 Å². The molecule has 8 heteroatoms. The van der Waals surface area contributed by atoms with E-state index in [9.17, 15) is 8.42 Å². The Hall–Kier alpha value is -0.530. The fourth-order valence-corrected chi connectivity index (χ4v) is 3.97. The van der Waals surface area contributed by atoms with Gasteiger partial charge in [0.15, 0.2) is 0 Å². The van der Waals surface area contributed by atoms with Crippen LogP contribution in [-0.2, 0) is 10.0 Å². The Kier molecular flexibility index (Phi) is 7.61. The van der Waals surface area contributed by atoms with Crippen LogP contribution in [0.1, 0.15) is 26.2 Å². The Morgan fingerprint density at radius 2 is 2.09 bits per heavy atom. The van der Waals surface area contributed by atoms with E-state index in [0.717, 1.165) is 12.8 Å². The van der Waals surface area contributed by atoms with Crippen molar-refractivity contribution in [3.8, 4) is 5.75 Å². The van der Waals surface area contributed by atoms with Crippen LogP contribution in [0.15, 0.2) is 23.1 Å². The molecule has 2 rings (SSSR count). The van der Waals surface area contributed by atoms with Gasteiger partial charge in [0.1, 0.15) is 10.6 Å². The van der Waals surface area contributed by atoms with Crippen LogP contribution in [-0.4, -0.2) is 39.0 Å². The highest BCUT2D eigenvalue weighted by Gasteiger charge is 2.29. The molecule has 0 saturated heterocycles. The van der Waals surface area contributed by atoms with Crippen LogP contribution in [0.4, 0.5) is 0 Å². The number of halogens is 2. The molecule has 0 radical (unpaired) electrons. The fourth-order valence-electron chi connectivity index (χ4n) is 2.21. The van der Waals surface area contributed by atoms with E-state index in [4.69, 9.17) is 22.1 Å². The molecule has 1 saturated carbocycles. The molecule has 5 nitrogen and oxygen atoms in total. The van der Waals surface area contributed by atoms with Gasteiger partial charge in [-0.2, -0.15) is 4.31 Å². The van der Waals surface area contributed by atoms with E-state index in [1.54, 1.807) is 19.1 Å². The summed E-state index contributed by atoms with van der Waals surface area (Å²) in [6, 6.07) is 4.40. The number of nitrogens with two attached hydrogens (primary N) is 1. The van der Waals surface area contributed by atoms with Crippen LogP contribution < -0.4 is 10.5 Å². The predicted molar refractivity (Wildman–Crippen MR) is 95.0 cm³/mol. The van der Waals surface area contributed by atoms with Gasteiger partial charge in [0.25, 0.3) is 0 Å². The van der Waals surface area contributed by atoms with Gasteiger partial charge in [0.2, 0.25) is 10.0 Å². The van der Waals surface area contributed by atoms with Gasteiger partial charge in [-0.15, -0.1) is 12.4 Å². The molecule has 1 aliphatic rings. The largest absolute Gasteiger partial charge is 0.492 e. The normalized spacial score (nSPS) is 16.6. The number of likely N-dealkylation sites (N-methyl/N-ethyl adjacent to an activating group) is 1. The molecule has 0 bridgehead atoms. The fraction of sp³-hybridized carbons (Fsp3) is 0.600. The quantitative estimate of drug-likeness (QED) is 0.786. The van der Waals surface area contributed by atoms with Crippen LogP contribution in [0.3, 0.4) is 0 Å². The number of hydrogen-bond acceptors (Lipinski definition) is 4. The first-order chi connectivity index (χ1) is 10.4. The lowest BCUT2D eigenvalue weighted by Gasteiger charge is -2.27. The summed E-state index contributed by atoms with van der Waals surface area (Å²) in [6.45, 7) is 2.55. The van der Waals surface area contributed by atoms with Crippen LogP contribution in [0.5, 0.6) is 5.75 Å². The highest BCUT2D eigenvalue weighted by Crippen LogP contribution is 2.32. The van der Waals surface area contributed by atoms with Gasteiger partial charge < -0.3 is 10.5 Å². The first-order valence-electron chi connectivity index (χ1n) is 7.46. The average Bonchev–Trinajstić information content (AvgIpc) is 2.45. The summed E-state index contributed by atoms with van der Waals surface area (Å²) < 4.78 is 32.5. The maximum Gasteiger partial charge on any atom is 0.246 e. The average molecular weight is 383 g/mol. The highest BCUT2D eigenvalue weighted by atomic mass is 35.5. The summed E-state index contributed by atoms with van der Waals surface area (Å²) in [4.78, 5) is 0.0992. The second kappa shape index (κ2) is 8.53. The third-order valence-corrected chi connectivity index (χ3v) is 6.45. The van der Waals surface area contributed by atoms with Crippen molar-refractivity contribution in [1.29, 1.82) is 0 Å². The van der Waals surface area contributed by atoms with Crippen molar-refractivity contribution in [2.75, 3.05) is 20.2 Å². The molecular formula is C15H24Cl2N2O3S. The van der Waals surface area contributed by atoms with E-state index in [2.05, 4.69) is 0 Å². The van der Waals surface area contributed by atoms with Gasteiger partial charge in [-0.3, -0.25) is 0 Å². The highest BCUT2D eigenvalue weighted by molar-refractivity contribution is 7.89. The molecule has 0 spiro atoms. The molecule has 1 atom stereocenters. The zero-order chi connectivity index (χ0) is 16.3. The maximum absolute atomic E-state index is 12.8. The summed E-state index contributed by atoms with van der Waals surface area (Å²) >= 11 is 5.98. The van der Waals surface area contributed by atoms with E-state index in [0.29, 0.717) is 23.3 Å². The van der Waals surface area contributed by atoms with Crippen molar-refractivity contribution in [3.05, 3.63) is 23.2 Å². The van der Waals surface area contributed by atoms with Crippen molar-refractivity contribution in [2.24, 2.45) is 11.7 Å². The molecule has 1 unspecified atom stereocenters. The molecule has 0 aromatic heterocycles. The van der Waals surface area contributed by atoms with Gasteiger partial charge in [-0.05, 0) is 43.9 Å². The van der Waals surface area contributed by atoms with E-state index < -0.39 is 10.0 Å². The number of ether oxygens (including phenoxy) is 1. The zero-order valence-electron chi connectivity index (χ0n) is 13.4. The molecule has 0 amide bonds. The molecule has 0 aliphatic heterocycles. The van der Waals surface area contributed by atoms with Gasteiger partial charge >= 0.3 is 0 Å². The number of nitrogens with zero attached hydrogens (tertiary/aromatic N) is 1. The smallest absolute Gasteiger partial charge is 0.246 e. The van der Waals surface area contributed by atoms with E-state index in [1.165, 1.54) is 23.8 Å². The second-order valence-corrected chi connectivity index (χ2v) is 8.21. The summed E-state index contributed by atoms with van der Waals surface area (Å²) in [5.41, 5.74) is 5.58. The van der Waals surface area contributed by atoms with Gasteiger partial charge in [-0.25, -0.2) is 8.42 Å². The first-order valence-corrected chi connectivity index (χ1v) is 9.28. The van der Waals surface area contributed by atoms with Crippen molar-refractivity contribution in [3.63, 3.8) is 0 Å². The van der Waals surface area contributed by atoms with E-state index in [1.807, 2.05) is 0 Å². The molecule has 1 fully saturated rings. The Morgan fingerprint density at radius 1 is 1.43 bits per heavy atom. The molecule has 1 aromatic rings. The summed E-state index contributed by atoms with van der Waals surface area (Å²) in [5.74, 6) is 0.874. The van der Waals surface area contributed by atoms with Crippen LogP contribution in [0.25, 0.3) is 0 Å². The lowest BCUT2D eigenvalue weighted by Crippen LogP contribution is -2.39. The van der Waals surface area contributed by atoms with Gasteiger partial charge in [0.05, 0.1) is 6.61 Å². The summed E-state index contributed by atoms with van der Waals surface area (Å²) in [6.07, 6.45) is 3.50. The third kappa shape index (κ3) is 4.73. The molecule has 1 aliphatic carbocycles. The first kappa shape index (κ1) is 20.5. The SMILES string of the molecule is CC(CN)N(C)S(=O)(=O)c1cc(Cl)ccc1OCC1CCC1.Cl. The van der Waals surface area contributed by atoms with Crippen molar-refractivity contribution in [1.82, 2.24) is 4.31 Å². The lowest BCUT2D eigenvalue weighted by molar-refractivity contribution is 0.177. The molecular weight excluding hydrogens is 359 g/mol. The Labute approximate surface area is 149 Å². The minimum Gasteiger partial charge on any atom is -0.492 e. The third-order valence-electron chi connectivity index (χ3n) is 4.22. The standard InChI is InChI=1S/C15H23ClN2O3S.ClH/c1-11(9-17)18(2)22(19,20)15-8-13(16)6-7-14(15)21-10-12-4-3-5-12;/h6-8,11-12H,3-5,9-10,17H2,1-2H3;1H. The molecule has 132 valence electrons. The minimum absolute atomic E-state index is 0. The Morgan fingerprint density at radius 3 is 2.61 bits per heavy atom. The summed E-state index contributed by atoms with van der Waals surface area (Å²) in [5, 5.41) is 0.364. The summed E-state index contributed by atoms with van der Waals surface area (Å²) in [7, 11) is -2.18. The van der Waals surface area contributed by atoms with Crippen LogP contribution in [0, 0.1) is 5.92 Å². The number of sulfonamides is 1. The minimum atomic E-state index is -3.70. The van der Waals surface area contributed by atoms with E-state index in [-0.39, 0.29) is 29.9 Å². The Balaban J connectivity index is 0.00000264. The van der Waals surface area contributed by atoms with Crippen LogP contribution in [0.2, 0.25) is 5.02 Å². The molecule has 23 heavy (non-hydrogen) atoms. The second-order valence-electron chi connectivity index (χ2n) is 5.80. The van der Waals surface area contributed by atoms with Crippen molar-refractivity contribution < 1.29 is 13.2 Å². The molecule has 0 heterocycles. The zero-order valence-corrected chi connectivity index (χ0v) is 15.8. The molecule has 2 N–H and O–H groups in total. The van der Waals surface area contributed by atoms with Crippen molar-refractivity contribution in [2.45, 2.75) is 37.1 Å². The monoisotopic (exact) mass is 382 g/mol. The number of hydrogen-bond donors (Lipinski definition) is 1. The van der Waals surface area contributed by atoms with Gasteiger partial charge in [-0.1, -0.05) is 18.0 Å². The number of benzene rings is 1. The Bertz CT molecular complexity index is 621.